The van der Waals surface area contributed by atoms with Crippen molar-refractivity contribution < 1.29 is 13.9 Å². The van der Waals surface area contributed by atoms with Crippen LogP contribution in [0.2, 0.25) is 5.02 Å². The minimum atomic E-state index is -0.557. The molecule has 20 heavy (non-hydrogen) atoms. The van der Waals surface area contributed by atoms with Crippen molar-refractivity contribution in [2.75, 3.05) is 7.11 Å². The Balaban J connectivity index is 2.15. The van der Waals surface area contributed by atoms with Crippen LogP contribution in [0.1, 0.15) is 15.9 Å². The summed E-state index contributed by atoms with van der Waals surface area (Å²) in [5, 5.41) is 0.630. The average Bonchev–Trinajstić information content (AvgIpc) is 2.46. The molecule has 0 atom stereocenters. The first-order chi connectivity index (χ1) is 9.60. The van der Waals surface area contributed by atoms with Crippen molar-refractivity contribution in [1.29, 1.82) is 0 Å². The van der Waals surface area contributed by atoms with E-state index in [1.54, 1.807) is 30.3 Å². The van der Waals surface area contributed by atoms with Gasteiger partial charge in [0, 0.05) is 10.6 Å². The van der Waals surface area contributed by atoms with E-state index in [1.165, 1.54) is 25.3 Å². The van der Waals surface area contributed by atoms with Crippen molar-refractivity contribution in [3.63, 3.8) is 0 Å². The molecule has 2 nitrogen and oxygen atoms in total. The van der Waals surface area contributed by atoms with Gasteiger partial charge in [-0.2, -0.15) is 0 Å². The minimum absolute atomic E-state index is 0.114. The van der Waals surface area contributed by atoms with Crippen molar-refractivity contribution in [3.05, 3.63) is 70.5 Å². The van der Waals surface area contributed by atoms with Gasteiger partial charge < -0.3 is 4.74 Å². The van der Waals surface area contributed by atoms with E-state index in [-0.39, 0.29) is 17.1 Å². The first-order valence-electron chi connectivity index (χ1n) is 5.91. The first kappa shape index (κ1) is 14.3. The molecule has 0 radical (unpaired) electrons. The fourth-order valence-corrected chi connectivity index (χ4v) is 1.79. The summed E-state index contributed by atoms with van der Waals surface area (Å²) in [6.07, 6.45) is 3.05. The maximum Gasteiger partial charge on any atom is 0.185 e. The lowest BCUT2D eigenvalue weighted by Crippen LogP contribution is -1.96. The molecule has 0 saturated carbocycles. The van der Waals surface area contributed by atoms with Crippen molar-refractivity contribution in [3.8, 4) is 5.75 Å². The summed E-state index contributed by atoms with van der Waals surface area (Å²) in [6, 6.07) is 11.2. The van der Waals surface area contributed by atoms with Gasteiger partial charge in [0.05, 0.1) is 7.11 Å². The quantitative estimate of drug-likeness (QED) is 0.617. The van der Waals surface area contributed by atoms with Gasteiger partial charge in [-0.1, -0.05) is 29.8 Å². The monoisotopic (exact) mass is 290 g/mol. The van der Waals surface area contributed by atoms with Gasteiger partial charge in [-0.15, -0.1) is 0 Å². The Morgan fingerprint density at radius 1 is 1.20 bits per heavy atom. The molecule has 0 bridgehead atoms. The van der Waals surface area contributed by atoms with Gasteiger partial charge in [0.1, 0.15) is 0 Å². The third-order valence-corrected chi connectivity index (χ3v) is 2.99. The van der Waals surface area contributed by atoms with Gasteiger partial charge in [-0.05, 0) is 42.0 Å². The Kier molecular flexibility index (Phi) is 4.53. The van der Waals surface area contributed by atoms with Crippen LogP contribution in [-0.2, 0) is 0 Å². The van der Waals surface area contributed by atoms with Crippen molar-refractivity contribution in [2.45, 2.75) is 0 Å². The summed E-state index contributed by atoms with van der Waals surface area (Å²) < 4.78 is 18.3. The highest BCUT2D eigenvalue weighted by molar-refractivity contribution is 6.30. The van der Waals surface area contributed by atoms with Crippen LogP contribution in [0.3, 0.4) is 0 Å². The number of halogens is 2. The number of hydrogen-bond acceptors (Lipinski definition) is 2. The molecule has 102 valence electrons. The molecule has 0 N–H and O–H groups in total. The number of hydrogen-bond donors (Lipinski definition) is 0. The van der Waals surface area contributed by atoms with Gasteiger partial charge >= 0.3 is 0 Å². The second-order valence-corrected chi connectivity index (χ2v) is 4.53. The smallest absolute Gasteiger partial charge is 0.185 e. The van der Waals surface area contributed by atoms with Crippen molar-refractivity contribution in [2.24, 2.45) is 0 Å². The molecule has 0 fully saturated rings. The number of ether oxygens (including phenoxy) is 1. The molecule has 0 aliphatic heterocycles. The Bertz CT molecular complexity index is 648. The van der Waals surface area contributed by atoms with Gasteiger partial charge in [0.2, 0.25) is 0 Å². The zero-order chi connectivity index (χ0) is 14.5. The largest absolute Gasteiger partial charge is 0.494 e. The zero-order valence-corrected chi connectivity index (χ0v) is 11.5. The molecule has 0 spiro atoms. The predicted octanol–water partition coefficient (Wildman–Crippen LogP) is 4.38. The van der Waals surface area contributed by atoms with Crippen LogP contribution >= 0.6 is 11.6 Å². The molecule has 0 aromatic heterocycles. The molecule has 0 saturated heterocycles. The molecular weight excluding hydrogens is 279 g/mol. The van der Waals surface area contributed by atoms with E-state index in [0.717, 1.165) is 11.6 Å². The molecule has 0 aliphatic rings. The summed E-state index contributed by atoms with van der Waals surface area (Å²) in [6.45, 7) is 0. The third kappa shape index (κ3) is 3.45. The highest BCUT2D eigenvalue weighted by atomic mass is 35.5. The fourth-order valence-electron chi connectivity index (χ4n) is 1.66. The predicted molar refractivity (Wildman–Crippen MR) is 77.8 cm³/mol. The Morgan fingerprint density at radius 3 is 2.50 bits per heavy atom. The summed E-state index contributed by atoms with van der Waals surface area (Å²) >= 11 is 5.77. The average molecular weight is 291 g/mol. The number of carbonyl (C=O) groups excluding carboxylic acids is 1. The minimum Gasteiger partial charge on any atom is -0.494 e. The Labute approximate surface area is 121 Å². The number of carbonyl (C=O) groups is 1. The lowest BCUT2D eigenvalue weighted by Gasteiger charge is -2.02. The maximum atomic E-state index is 13.5. The number of methoxy groups -OCH3 is 1. The molecule has 0 heterocycles. The lowest BCUT2D eigenvalue weighted by molar-refractivity contribution is 0.104. The van der Waals surface area contributed by atoms with Crippen LogP contribution in [0.15, 0.2) is 48.5 Å². The third-order valence-electron chi connectivity index (χ3n) is 2.73. The standard InChI is InChI=1S/C16H12ClFO2/c1-20-16-9-5-12(10-14(16)18)15(19)8-4-11-2-6-13(17)7-3-11/h2-10H,1H3/b8-4+. The number of allylic oxidation sites excluding steroid dienone is 1. The van der Waals surface area contributed by atoms with Crippen molar-refractivity contribution >= 4 is 23.5 Å². The summed E-state index contributed by atoms with van der Waals surface area (Å²) in [4.78, 5) is 11.9. The molecule has 0 aliphatic carbocycles. The fraction of sp³-hybridized carbons (Fsp3) is 0.0625. The molecule has 0 amide bonds. The molecule has 0 unspecified atom stereocenters. The lowest BCUT2D eigenvalue weighted by atomic mass is 10.1. The first-order valence-corrected chi connectivity index (χ1v) is 6.29. The van der Waals surface area contributed by atoms with Gasteiger partial charge in [0.25, 0.3) is 0 Å². The zero-order valence-electron chi connectivity index (χ0n) is 10.8. The Morgan fingerprint density at radius 2 is 1.90 bits per heavy atom. The van der Waals surface area contributed by atoms with Crippen LogP contribution in [-0.4, -0.2) is 12.9 Å². The summed E-state index contributed by atoms with van der Waals surface area (Å²) in [7, 11) is 1.38. The summed E-state index contributed by atoms with van der Waals surface area (Å²) in [5.74, 6) is -0.719. The van der Waals surface area contributed by atoms with Crippen LogP contribution in [0.25, 0.3) is 6.08 Å². The normalized spacial score (nSPS) is 10.8. The van der Waals surface area contributed by atoms with E-state index in [4.69, 9.17) is 16.3 Å². The van der Waals surface area contributed by atoms with E-state index in [9.17, 15) is 9.18 Å². The van der Waals surface area contributed by atoms with E-state index in [0.29, 0.717) is 5.02 Å². The van der Waals surface area contributed by atoms with Gasteiger partial charge in [-0.25, -0.2) is 4.39 Å². The van der Waals surface area contributed by atoms with Crippen LogP contribution in [0.4, 0.5) is 4.39 Å². The van der Waals surface area contributed by atoms with E-state index < -0.39 is 5.82 Å². The second kappa shape index (κ2) is 6.35. The number of benzene rings is 2. The molecule has 4 heteroatoms. The van der Waals surface area contributed by atoms with E-state index >= 15 is 0 Å². The molecule has 2 aromatic carbocycles. The van der Waals surface area contributed by atoms with Crippen molar-refractivity contribution in [1.82, 2.24) is 0 Å². The SMILES string of the molecule is COc1ccc(C(=O)/C=C/c2ccc(Cl)cc2)cc1F. The number of rotatable bonds is 4. The maximum absolute atomic E-state index is 13.5. The van der Waals surface area contributed by atoms with Crippen LogP contribution < -0.4 is 4.74 Å². The highest BCUT2D eigenvalue weighted by Gasteiger charge is 2.07. The topological polar surface area (TPSA) is 26.3 Å². The second-order valence-electron chi connectivity index (χ2n) is 4.10. The summed E-state index contributed by atoms with van der Waals surface area (Å²) in [5.41, 5.74) is 1.12. The van der Waals surface area contributed by atoms with Gasteiger partial charge in [-0.3, -0.25) is 4.79 Å². The Hall–Kier alpha value is -2.13. The van der Waals surface area contributed by atoms with Crippen LogP contribution in [0.5, 0.6) is 5.75 Å². The van der Waals surface area contributed by atoms with Crippen LogP contribution in [0, 0.1) is 5.82 Å². The van der Waals surface area contributed by atoms with Gasteiger partial charge in [0.15, 0.2) is 17.3 Å². The highest BCUT2D eigenvalue weighted by Crippen LogP contribution is 2.18. The molecule has 2 rings (SSSR count). The molecular formula is C16H12ClFO2. The van der Waals surface area contributed by atoms with E-state index in [2.05, 4.69) is 0 Å². The number of ketones is 1. The van der Waals surface area contributed by atoms with E-state index in [1.807, 2.05) is 0 Å². The molecule has 2 aromatic rings.